The van der Waals surface area contributed by atoms with E-state index in [1.807, 2.05) is 29.2 Å². The van der Waals surface area contributed by atoms with Gasteiger partial charge in [-0.3, -0.25) is 4.79 Å². The van der Waals surface area contributed by atoms with Crippen molar-refractivity contribution in [1.29, 1.82) is 0 Å². The van der Waals surface area contributed by atoms with Gasteiger partial charge in [0.05, 0.1) is 7.11 Å². The molecule has 0 N–H and O–H groups in total. The van der Waals surface area contributed by atoms with E-state index in [0.717, 1.165) is 37.2 Å². The van der Waals surface area contributed by atoms with Crippen LogP contribution in [0.15, 0.2) is 48.5 Å². The van der Waals surface area contributed by atoms with Gasteiger partial charge in [0.1, 0.15) is 28.8 Å². The molecular formula is C21H22FNO3. The Kier molecular flexibility index (Phi) is 4.31. The number of rotatable bonds is 5. The molecule has 2 atom stereocenters. The molecule has 2 fully saturated rings. The summed E-state index contributed by atoms with van der Waals surface area (Å²) in [6.45, 7) is 1.58. The molecule has 1 aliphatic carbocycles. The molecule has 1 aliphatic heterocycles. The molecule has 0 aromatic heterocycles. The lowest BCUT2D eigenvalue weighted by molar-refractivity contribution is -0.133. The molecular weight excluding hydrogens is 333 g/mol. The van der Waals surface area contributed by atoms with Crippen LogP contribution >= 0.6 is 0 Å². The maximum Gasteiger partial charge on any atom is 0.237 e. The van der Waals surface area contributed by atoms with E-state index in [1.165, 1.54) is 12.1 Å². The number of likely N-dealkylation sites (tertiary alicyclic amines) is 1. The number of hydrogen-bond donors (Lipinski definition) is 0. The second-order valence-corrected chi connectivity index (χ2v) is 6.96. The molecule has 2 aliphatic rings. The first-order chi connectivity index (χ1) is 12.6. The fraction of sp³-hybridized carbons (Fsp3) is 0.381. The monoisotopic (exact) mass is 355 g/mol. The Bertz CT molecular complexity index is 784. The number of amides is 1. The van der Waals surface area contributed by atoms with Crippen LogP contribution in [0, 0.1) is 5.82 Å². The number of halogens is 1. The van der Waals surface area contributed by atoms with Crippen molar-refractivity contribution in [3.8, 4) is 11.5 Å². The van der Waals surface area contributed by atoms with Crippen molar-refractivity contribution in [3.63, 3.8) is 0 Å². The Morgan fingerprint density at radius 3 is 2.27 bits per heavy atom. The second kappa shape index (κ2) is 6.63. The first kappa shape index (κ1) is 16.9. The summed E-state index contributed by atoms with van der Waals surface area (Å²) in [4.78, 5) is 15.2. The molecule has 5 heteroatoms. The molecule has 2 aromatic rings. The SMILES string of the molecule is COc1ccc(O[C@H]2C[C@]2(C(=O)N2CCCC2)c2ccc(F)cc2)cc1. The van der Waals surface area contributed by atoms with Crippen molar-refractivity contribution < 1.29 is 18.7 Å². The van der Waals surface area contributed by atoms with Gasteiger partial charge in [-0.15, -0.1) is 0 Å². The quantitative estimate of drug-likeness (QED) is 0.823. The second-order valence-electron chi connectivity index (χ2n) is 6.96. The van der Waals surface area contributed by atoms with Gasteiger partial charge in [0, 0.05) is 19.5 Å². The minimum Gasteiger partial charge on any atom is -0.497 e. The summed E-state index contributed by atoms with van der Waals surface area (Å²) >= 11 is 0. The van der Waals surface area contributed by atoms with Crippen LogP contribution in [0.25, 0.3) is 0 Å². The number of hydrogen-bond acceptors (Lipinski definition) is 3. The molecule has 26 heavy (non-hydrogen) atoms. The maximum atomic E-state index is 13.4. The summed E-state index contributed by atoms with van der Waals surface area (Å²) in [5.74, 6) is 1.26. The third-order valence-electron chi connectivity index (χ3n) is 5.37. The molecule has 0 spiro atoms. The number of nitrogens with zero attached hydrogens (tertiary/aromatic N) is 1. The van der Waals surface area contributed by atoms with Gasteiger partial charge in [-0.2, -0.15) is 0 Å². The minimum absolute atomic E-state index is 0.0973. The lowest BCUT2D eigenvalue weighted by Crippen LogP contribution is -2.40. The third-order valence-corrected chi connectivity index (χ3v) is 5.37. The van der Waals surface area contributed by atoms with E-state index in [9.17, 15) is 9.18 Å². The normalized spacial score (nSPS) is 24.4. The Labute approximate surface area is 152 Å². The molecule has 0 bridgehead atoms. The molecule has 1 amide bonds. The molecule has 1 heterocycles. The zero-order chi connectivity index (χ0) is 18.1. The van der Waals surface area contributed by atoms with Gasteiger partial charge < -0.3 is 14.4 Å². The van der Waals surface area contributed by atoms with Crippen molar-refractivity contribution in [2.75, 3.05) is 20.2 Å². The molecule has 1 saturated heterocycles. The fourth-order valence-corrected chi connectivity index (χ4v) is 3.80. The lowest BCUT2D eigenvalue weighted by atomic mass is 9.93. The Morgan fingerprint density at radius 2 is 1.65 bits per heavy atom. The summed E-state index contributed by atoms with van der Waals surface area (Å²) in [6.07, 6.45) is 2.44. The number of methoxy groups -OCH3 is 1. The summed E-state index contributed by atoms with van der Waals surface area (Å²) in [5, 5.41) is 0. The van der Waals surface area contributed by atoms with Crippen LogP contribution in [0.2, 0.25) is 0 Å². The third kappa shape index (κ3) is 2.91. The van der Waals surface area contributed by atoms with Crippen molar-refractivity contribution in [2.45, 2.75) is 30.8 Å². The van der Waals surface area contributed by atoms with E-state index in [1.54, 1.807) is 19.2 Å². The number of carbonyl (C=O) groups excluding carboxylic acids is 1. The van der Waals surface area contributed by atoms with E-state index >= 15 is 0 Å². The Morgan fingerprint density at radius 1 is 1.04 bits per heavy atom. The van der Waals surface area contributed by atoms with Crippen molar-refractivity contribution >= 4 is 5.91 Å². The average molecular weight is 355 g/mol. The van der Waals surface area contributed by atoms with Gasteiger partial charge in [0.2, 0.25) is 5.91 Å². The molecule has 2 aromatic carbocycles. The van der Waals surface area contributed by atoms with Gasteiger partial charge >= 0.3 is 0 Å². The summed E-state index contributed by atoms with van der Waals surface area (Å²) < 4.78 is 24.6. The van der Waals surface area contributed by atoms with E-state index < -0.39 is 5.41 Å². The summed E-state index contributed by atoms with van der Waals surface area (Å²) in [7, 11) is 1.62. The zero-order valence-corrected chi connectivity index (χ0v) is 14.8. The van der Waals surface area contributed by atoms with Crippen LogP contribution in [0.4, 0.5) is 4.39 Å². The van der Waals surface area contributed by atoms with E-state index in [-0.39, 0.29) is 17.8 Å². The highest BCUT2D eigenvalue weighted by atomic mass is 19.1. The zero-order valence-electron chi connectivity index (χ0n) is 14.8. The fourth-order valence-electron chi connectivity index (χ4n) is 3.80. The number of carbonyl (C=O) groups is 1. The first-order valence-corrected chi connectivity index (χ1v) is 8.99. The average Bonchev–Trinajstić information content (AvgIpc) is 3.13. The first-order valence-electron chi connectivity index (χ1n) is 8.99. The van der Waals surface area contributed by atoms with E-state index in [4.69, 9.17) is 9.47 Å². The summed E-state index contributed by atoms with van der Waals surface area (Å²) in [5.41, 5.74) is 0.118. The molecule has 0 unspecified atom stereocenters. The van der Waals surface area contributed by atoms with Gasteiger partial charge in [0.15, 0.2) is 0 Å². The molecule has 1 saturated carbocycles. The lowest BCUT2D eigenvalue weighted by Gasteiger charge is -2.24. The maximum absolute atomic E-state index is 13.4. The molecule has 0 radical (unpaired) electrons. The smallest absolute Gasteiger partial charge is 0.237 e. The highest BCUT2D eigenvalue weighted by Crippen LogP contribution is 2.52. The molecule has 4 rings (SSSR count). The molecule has 136 valence electrons. The van der Waals surface area contributed by atoms with Crippen LogP contribution in [0.3, 0.4) is 0 Å². The summed E-state index contributed by atoms with van der Waals surface area (Å²) in [6, 6.07) is 13.6. The highest BCUT2D eigenvalue weighted by Gasteiger charge is 2.64. The topological polar surface area (TPSA) is 38.8 Å². The van der Waals surface area contributed by atoms with Gasteiger partial charge in [-0.05, 0) is 54.8 Å². The van der Waals surface area contributed by atoms with Crippen molar-refractivity contribution in [3.05, 3.63) is 59.9 Å². The number of benzene rings is 2. The molecule has 4 nitrogen and oxygen atoms in total. The number of ether oxygens (including phenoxy) is 2. The van der Waals surface area contributed by atoms with E-state index in [0.29, 0.717) is 12.2 Å². The van der Waals surface area contributed by atoms with Crippen LogP contribution in [-0.4, -0.2) is 37.1 Å². The largest absolute Gasteiger partial charge is 0.497 e. The predicted octanol–water partition coefficient (Wildman–Crippen LogP) is 3.55. The van der Waals surface area contributed by atoms with Crippen molar-refractivity contribution in [1.82, 2.24) is 4.90 Å². The van der Waals surface area contributed by atoms with Crippen LogP contribution < -0.4 is 9.47 Å². The predicted molar refractivity (Wildman–Crippen MR) is 95.9 cm³/mol. The van der Waals surface area contributed by atoms with Crippen molar-refractivity contribution in [2.24, 2.45) is 0 Å². The van der Waals surface area contributed by atoms with Crippen LogP contribution in [0.1, 0.15) is 24.8 Å². The highest BCUT2D eigenvalue weighted by molar-refractivity contribution is 5.93. The van der Waals surface area contributed by atoms with Gasteiger partial charge in [0.25, 0.3) is 0 Å². The van der Waals surface area contributed by atoms with Crippen LogP contribution in [-0.2, 0) is 10.2 Å². The van der Waals surface area contributed by atoms with Gasteiger partial charge in [-0.1, -0.05) is 12.1 Å². The van der Waals surface area contributed by atoms with E-state index in [2.05, 4.69) is 0 Å². The minimum atomic E-state index is -0.710. The Balaban J connectivity index is 1.60. The van der Waals surface area contributed by atoms with Gasteiger partial charge in [-0.25, -0.2) is 4.39 Å². The van der Waals surface area contributed by atoms with Crippen LogP contribution in [0.5, 0.6) is 11.5 Å². The standard InChI is InChI=1S/C21H22FNO3/c1-25-17-8-10-18(11-9-17)26-19-14-21(19,15-4-6-16(22)7-5-15)20(24)23-12-2-3-13-23/h4-11,19H,2-3,12-14H2,1H3/t19-,21-/m0/s1. The Hall–Kier alpha value is -2.56.